The van der Waals surface area contributed by atoms with Crippen LogP contribution in [-0.2, 0) is 0 Å². The highest BCUT2D eigenvalue weighted by Crippen LogP contribution is 2.30. The van der Waals surface area contributed by atoms with Crippen LogP contribution in [0.15, 0.2) is 18.2 Å². The van der Waals surface area contributed by atoms with Crippen LogP contribution in [0.5, 0.6) is 5.75 Å². The number of nitrogens with zero attached hydrogens (tertiary/aromatic N) is 2. The lowest BCUT2D eigenvalue weighted by atomic mass is 10.0. The Morgan fingerprint density at radius 1 is 1.38 bits per heavy atom. The maximum Gasteiger partial charge on any atom is 0.273 e. The van der Waals surface area contributed by atoms with Crippen LogP contribution in [0.3, 0.4) is 0 Å². The van der Waals surface area contributed by atoms with Crippen LogP contribution >= 0.6 is 0 Å². The molecular formula is C14H17N3O4. The number of likely N-dealkylation sites (tertiary alicyclic amines) is 1. The van der Waals surface area contributed by atoms with Crippen molar-refractivity contribution >= 4 is 11.6 Å². The van der Waals surface area contributed by atoms with E-state index in [0.29, 0.717) is 17.4 Å². The molecule has 1 N–H and O–H groups in total. The van der Waals surface area contributed by atoms with Crippen LogP contribution < -0.4 is 10.1 Å². The molecule has 2 heterocycles. The van der Waals surface area contributed by atoms with Gasteiger partial charge in [0.05, 0.1) is 23.7 Å². The lowest BCUT2D eigenvalue weighted by molar-refractivity contribution is -0.384. The standard InChI is InChI=1S/C14H17N3O4/c1-21-13-4-11(17(19)20)2-3-12(13)14(18)16-7-9-5-15-6-10(9)8-16/h2-4,9-10,15H,5-8H2,1H3/t9-,10+. The van der Waals surface area contributed by atoms with Gasteiger partial charge in [0.2, 0.25) is 0 Å². The maximum atomic E-state index is 12.6. The number of hydrogen-bond donors (Lipinski definition) is 1. The van der Waals surface area contributed by atoms with Gasteiger partial charge in [-0.1, -0.05) is 0 Å². The van der Waals surface area contributed by atoms with E-state index in [1.165, 1.54) is 25.3 Å². The molecule has 2 atom stereocenters. The molecule has 21 heavy (non-hydrogen) atoms. The van der Waals surface area contributed by atoms with Gasteiger partial charge in [-0.05, 0) is 17.9 Å². The fraction of sp³-hybridized carbons (Fsp3) is 0.500. The highest BCUT2D eigenvalue weighted by atomic mass is 16.6. The van der Waals surface area contributed by atoms with E-state index in [1.54, 1.807) is 0 Å². The van der Waals surface area contributed by atoms with Gasteiger partial charge < -0.3 is 15.0 Å². The minimum Gasteiger partial charge on any atom is -0.496 e. The first-order valence-electron chi connectivity index (χ1n) is 6.92. The van der Waals surface area contributed by atoms with E-state index in [1.807, 2.05) is 4.90 Å². The number of nitro benzene ring substituents is 1. The number of ether oxygens (including phenoxy) is 1. The number of carbonyl (C=O) groups excluding carboxylic acids is 1. The van der Waals surface area contributed by atoms with Crippen molar-refractivity contribution < 1.29 is 14.5 Å². The second kappa shape index (κ2) is 5.33. The normalized spacial score (nSPS) is 24.0. The van der Waals surface area contributed by atoms with Gasteiger partial charge in [0.1, 0.15) is 5.75 Å². The third-order valence-electron chi connectivity index (χ3n) is 4.30. The van der Waals surface area contributed by atoms with E-state index in [-0.39, 0.29) is 17.3 Å². The monoisotopic (exact) mass is 291 g/mol. The first-order valence-corrected chi connectivity index (χ1v) is 6.92. The minimum absolute atomic E-state index is 0.0779. The summed E-state index contributed by atoms with van der Waals surface area (Å²) in [6, 6.07) is 4.12. The van der Waals surface area contributed by atoms with Crippen LogP contribution in [0.4, 0.5) is 5.69 Å². The van der Waals surface area contributed by atoms with E-state index in [0.717, 1.165) is 26.2 Å². The average molecular weight is 291 g/mol. The third-order valence-corrected chi connectivity index (χ3v) is 4.30. The largest absolute Gasteiger partial charge is 0.496 e. The van der Waals surface area contributed by atoms with Gasteiger partial charge in [0, 0.05) is 32.2 Å². The van der Waals surface area contributed by atoms with Gasteiger partial charge in [0.15, 0.2) is 0 Å². The number of rotatable bonds is 3. The molecular weight excluding hydrogens is 274 g/mol. The van der Waals surface area contributed by atoms with Gasteiger partial charge in [0.25, 0.3) is 11.6 Å². The number of nitro groups is 1. The molecule has 1 aromatic carbocycles. The van der Waals surface area contributed by atoms with Crippen molar-refractivity contribution in [1.29, 1.82) is 0 Å². The molecule has 0 unspecified atom stereocenters. The van der Waals surface area contributed by atoms with Gasteiger partial charge >= 0.3 is 0 Å². The van der Waals surface area contributed by atoms with E-state index >= 15 is 0 Å². The van der Waals surface area contributed by atoms with Gasteiger partial charge in [-0.3, -0.25) is 14.9 Å². The van der Waals surface area contributed by atoms with Gasteiger partial charge in [-0.15, -0.1) is 0 Å². The third kappa shape index (κ3) is 2.44. The highest BCUT2D eigenvalue weighted by molar-refractivity contribution is 5.97. The predicted octanol–water partition coefficient (Wildman–Crippen LogP) is 0.895. The van der Waals surface area contributed by atoms with Crippen LogP contribution in [0.2, 0.25) is 0 Å². The molecule has 0 bridgehead atoms. The van der Waals surface area contributed by atoms with Gasteiger partial charge in [-0.25, -0.2) is 0 Å². The van der Waals surface area contributed by atoms with Crippen LogP contribution in [-0.4, -0.2) is 49.0 Å². The number of nitrogens with one attached hydrogen (secondary N) is 1. The Morgan fingerprint density at radius 2 is 2.05 bits per heavy atom. The Balaban J connectivity index is 1.83. The Labute approximate surface area is 122 Å². The van der Waals surface area contributed by atoms with Crippen molar-refractivity contribution in [2.45, 2.75) is 0 Å². The summed E-state index contributed by atoms with van der Waals surface area (Å²) in [6.07, 6.45) is 0. The Morgan fingerprint density at radius 3 is 2.62 bits per heavy atom. The second-order valence-corrected chi connectivity index (χ2v) is 5.53. The molecule has 112 valence electrons. The quantitative estimate of drug-likeness (QED) is 0.660. The molecule has 2 aliphatic heterocycles. The number of non-ortho nitro benzene ring substituents is 1. The molecule has 3 rings (SSSR count). The maximum absolute atomic E-state index is 12.6. The van der Waals surface area contributed by atoms with E-state index in [4.69, 9.17) is 4.74 Å². The van der Waals surface area contributed by atoms with Gasteiger partial charge in [-0.2, -0.15) is 0 Å². The molecule has 0 aromatic heterocycles. The van der Waals surface area contributed by atoms with Crippen molar-refractivity contribution in [2.75, 3.05) is 33.3 Å². The van der Waals surface area contributed by atoms with Crippen molar-refractivity contribution in [2.24, 2.45) is 11.8 Å². The SMILES string of the molecule is COc1cc([N+](=O)[O-])ccc1C(=O)N1C[C@H]2CNC[C@H]2C1. The number of carbonyl (C=O) groups is 1. The molecule has 2 fully saturated rings. The summed E-state index contributed by atoms with van der Waals surface area (Å²) in [6.45, 7) is 3.37. The van der Waals surface area contributed by atoms with Crippen molar-refractivity contribution in [3.63, 3.8) is 0 Å². The summed E-state index contributed by atoms with van der Waals surface area (Å²) in [5, 5.41) is 14.1. The molecule has 7 nitrogen and oxygen atoms in total. The molecule has 0 saturated carbocycles. The molecule has 0 radical (unpaired) electrons. The fourth-order valence-electron chi connectivity index (χ4n) is 3.16. The van der Waals surface area contributed by atoms with E-state index < -0.39 is 4.92 Å². The lowest BCUT2D eigenvalue weighted by Crippen LogP contribution is -2.32. The van der Waals surface area contributed by atoms with Crippen LogP contribution in [0.25, 0.3) is 0 Å². The number of methoxy groups -OCH3 is 1. The lowest BCUT2D eigenvalue weighted by Gasteiger charge is -2.18. The summed E-state index contributed by atoms with van der Waals surface area (Å²) >= 11 is 0. The Bertz CT molecular complexity index is 578. The second-order valence-electron chi connectivity index (χ2n) is 5.53. The molecule has 0 spiro atoms. The smallest absolute Gasteiger partial charge is 0.273 e. The summed E-state index contributed by atoms with van der Waals surface area (Å²) in [5.74, 6) is 1.16. The molecule has 0 aliphatic carbocycles. The molecule has 1 amide bonds. The average Bonchev–Trinajstić information content (AvgIpc) is 3.06. The fourth-order valence-corrected chi connectivity index (χ4v) is 3.16. The zero-order valence-electron chi connectivity index (χ0n) is 11.7. The topological polar surface area (TPSA) is 84.7 Å². The predicted molar refractivity (Wildman–Crippen MR) is 75.4 cm³/mol. The van der Waals surface area contributed by atoms with Crippen molar-refractivity contribution in [3.05, 3.63) is 33.9 Å². The molecule has 2 saturated heterocycles. The molecule has 2 aliphatic rings. The van der Waals surface area contributed by atoms with E-state index in [2.05, 4.69) is 5.32 Å². The minimum atomic E-state index is -0.497. The molecule has 1 aromatic rings. The number of fused-ring (bicyclic) bond motifs is 1. The van der Waals surface area contributed by atoms with E-state index in [9.17, 15) is 14.9 Å². The van der Waals surface area contributed by atoms with Crippen LogP contribution in [0, 0.1) is 22.0 Å². The number of benzene rings is 1. The van der Waals surface area contributed by atoms with Crippen molar-refractivity contribution in [3.8, 4) is 5.75 Å². The van der Waals surface area contributed by atoms with Crippen LogP contribution in [0.1, 0.15) is 10.4 Å². The number of amides is 1. The summed E-state index contributed by atoms with van der Waals surface area (Å²) < 4.78 is 5.15. The Kier molecular flexibility index (Phi) is 3.50. The number of hydrogen-bond acceptors (Lipinski definition) is 5. The highest BCUT2D eigenvalue weighted by Gasteiger charge is 2.38. The summed E-state index contributed by atoms with van der Waals surface area (Å²) in [5.41, 5.74) is 0.307. The first-order chi connectivity index (χ1) is 10.1. The molecule has 7 heteroatoms. The zero-order valence-corrected chi connectivity index (χ0v) is 11.7. The first kappa shape index (κ1) is 13.8. The Hall–Kier alpha value is -2.15. The summed E-state index contributed by atoms with van der Waals surface area (Å²) in [4.78, 5) is 24.7. The zero-order chi connectivity index (χ0) is 15.0. The van der Waals surface area contributed by atoms with Crippen molar-refractivity contribution in [1.82, 2.24) is 10.2 Å². The summed E-state index contributed by atoms with van der Waals surface area (Å²) in [7, 11) is 1.42.